The molecule has 19 heavy (non-hydrogen) atoms. The molecule has 2 aliphatic rings. The fraction of sp³-hybridized carbons (Fsp3) is 0.625. The van der Waals surface area contributed by atoms with Crippen LogP contribution in [0, 0.1) is 0 Å². The Labute approximate surface area is 120 Å². The zero-order chi connectivity index (χ0) is 13.1. The molecule has 1 aromatic rings. The van der Waals surface area contributed by atoms with Crippen molar-refractivity contribution in [2.75, 3.05) is 18.6 Å². The Hall–Kier alpha value is -0.670. The monoisotopic (exact) mass is 277 g/mol. The van der Waals surface area contributed by atoms with Crippen LogP contribution >= 0.6 is 11.8 Å². The summed E-state index contributed by atoms with van der Waals surface area (Å²) in [7, 11) is 1.74. The third kappa shape index (κ3) is 3.26. The molecule has 1 N–H and O–H groups in total. The molecule has 0 amide bonds. The molecule has 1 aromatic carbocycles. The highest BCUT2D eigenvalue weighted by molar-refractivity contribution is 7.99. The van der Waals surface area contributed by atoms with Crippen LogP contribution in [0.5, 0.6) is 5.75 Å². The van der Waals surface area contributed by atoms with Gasteiger partial charge in [0, 0.05) is 12.1 Å². The summed E-state index contributed by atoms with van der Waals surface area (Å²) in [5.41, 5.74) is 1.44. The molecule has 0 atom stereocenters. The lowest BCUT2D eigenvalue weighted by Gasteiger charge is -2.39. The Morgan fingerprint density at radius 3 is 2.68 bits per heavy atom. The van der Waals surface area contributed by atoms with Gasteiger partial charge in [-0.15, -0.1) is 0 Å². The first-order valence-electron chi connectivity index (χ1n) is 7.33. The van der Waals surface area contributed by atoms with Gasteiger partial charge in [-0.3, -0.25) is 0 Å². The number of ether oxygens (including phenoxy) is 1. The molecule has 3 heteroatoms. The fourth-order valence-corrected chi connectivity index (χ4v) is 4.23. The standard InChI is InChI=1S/C16H23NOS/c1-18-16-4-2-3-12(11-16)13-9-15(10-13)17-14-5-7-19-8-6-14/h2-4,11,13-15,17H,5-10H2,1H3. The summed E-state index contributed by atoms with van der Waals surface area (Å²) in [5.74, 6) is 4.39. The first kappa shape index (κ1) is 13.3. The van der Waals surface area contributed by atoms with Gasteiger partial charge in [-0.25, -0.2) is 0 Å². The lowest BCUT2D eigenvalue weighted by Crippen LogP contribution is -2.46. The fourth-order valence-electron chi connectivity index (χ4n) is 3.12. The quantitative estimate of drug-likeness (QED) is 0.911. The van der Waals surface area contributed by atoms with E-state index in [1.165, 1.54) is 42.8 Å². The van der Waals surface area contributed by atoms with Gasteiger partial charge in [-0.1, -0.05) is 12.1 Å². The summed E-state index contributed by atoms with van der Waals surface area (Å²) in [6.45, 7) is 0. The first-order valence-corrected chi connectivity index (χ1v) is 8.48. The number of benzene rings is 1. The van der Waals surface area contributed by atoms with Gasteiger partial charge in [0.15, 0.2) is 0 Å². The number of rotatable bonds is 4. The second-order valence-electron chi connectivity index (χ2n) is 5.70. The minimum Gasteiger partial charge on any atom is -0.497 e. The second kappa shape index (κ2) is 6.19. The van der Waals surface area contributed by atoms with Crippen LogP contribution in [0.2, 0.25) is 0 Å². The van der Waals surface area contributed by atoms with E-state index in [0.717, 1.165) is 23.8 Å². The SMILES string of the molecule is COc1cccc(C2CC(NC3CCSCC3)C2)c1. The molecular formula is C16H23NOS. The summed E-state index contributed by atoms with van der Waals surface area (Å²) in [6.07, 6.45) is 5.28. The van der Waals surface area contributed by atoms with Crippen LogP contribution in [0.1, 0.15) is 37.2 Å². The zero-order valence-corrected chi connectivity index (χ0v) is 12.4. The molecule has 2 fully saturated rings. The summed E-state index contributed by atoms with van der Waals surface area (Å²) >= 11 is 2.10. The molecule has 1 aliphatic carbocycles. The van der Waals surface area contributed by atoms with E-state index in [2.05, 4.69) is 35.3 Å². The minimum absolute atomic E-state index is 0.727. The van der Waals surface area contributed by atoms with Gasteiger partial charge >= 0.3 is 0 Å². The summed E-state index contributed by atoms with van der Waals surface area (Å²) < 4.78 is 5.30. The highest BCUT2D eigenvalue weighted by atomic mass is 32.2. The van der Waals surface area contributed by atoms with E-state index in [1.54, 1.807) is 7.11 Å². The number of hydrogen-bond donors (Lipinski definition) is 1. The van der Waals surface area contributed by atoms with Gasteiger partial charge in [0.2, 0.25) is 0 Å². The number of hydrogen-bond acceptors (Lipinski definition) is 3. The van der Waals surface area contributed by atoms with Crippen molar-refractivity contribution < 1.29 is 4.74 Å². The molecule has 0 radical (unpaired) electrons. The predicted octanol–water partition coefficient (Wildman–Crippen LogP) is 3.43. The second-order valence-corrected chi connectivity index (χ2v) is 6.92. The smallest absolute Gasteiger partial charge is 0.119 e. The summed E-state index contributed by atoms with van der Waals surface area (Å²) in [4.78, 5) is 0. The summed E-state index contributed by atoms with van der Waals surface area (Å²) in [5, 5.41) is 3.84. The molecule has 1 saturated carbocycles. The average Bonchev–Trinajstić information content (AvgIpc) is 2.43. The van der Waals surface area contributed by atoms with Gasteiger partial charge in [0.25, 0.3) is 0 Å². The normalized spacial score (nSPS) is 27.8. The van der Waals surface area contributed by atoms with E-state index < -0.39 is 0 Å². The van der Waals surface area contributed by atoms with Crippen LogP contribution in [0.25, 0.3) is 0 Å². The first-order chi connectivity index (χ1) is 9.35. The zero-order valence-electron chi connectivity index (χ0n) is 11.6. The van der Waals surface area contributed by atoms with Crippen molar-refractivity contribution in [2.45, 2.75) is 43.7 Å². The van der Waals surface area contributed by atoms with Crippen molar-refractivity contribution in [3.63, 3.8) is 0 Å². The van der Waals surface area contributed by atoms with E-state index >= 15 is 0 Å². The third-order valence-electron chi connectivity index (χ3n) is 4.40. The maximum Gasteiger partial charge on any atom is 0.119 e. The Morgan fingerprint density at radius 2 is 1.95 bits per heavy atom. The maximum absolute atomic E-state index is 5.30. The van der Waals surface area contributed by atoms with Crippen LogP contribution in [0.4, 0.5) is 0 Å². The molecule has 0 unspecified atom stereocenters. The molecule has 1 saturated heterocycles. The van der Waals surface area contributed by atoms with E-state index in [9.17, 15) is 0 Å². The Bertz CT molecular complexity index is 411. The van der Waals surface area contributed by atoms with Crippen molar-refractivity contribution in [1.29, 1.82) is 0 Å². The molecule has 1 aliphatic heterocycles. The van der Waals surface area contributed by atoms with Crippen LogP contribution in [-0.2, 0) is 0 Å². The molecule has 1 heterocycles. The van der Waals surface area contributed by atoms with Crippen molar-refractivity contribution in [3.05, 3.63) is 29.8 Å². The lowest BCUT2D eigenvalue weighted by atomic mass is 9.75. The van der Waals surface area contributed by atoms with Crippen LogP contribution < -0.4 is 10.1 Å². The summed E-state index contributed by atoms with van der Waals surface area (Å²) in [6, 6.07) is 10.1. The van der Waals surface area contributed by atoms with E-state index in [4.69, 9.17) is 4.74 Å². The van der Waals surface area contributed by atoms with Crippen LogP contribution in [0.3, 0.4) is 0 Å². The maximum atomic E-state index is 5.30. The molecule has 2 nitrogen and oxygen atoms in total. The highest BCUT2D eigenvalue weighted by Gasteiger charge is 2.32. The van der Waals surface area contributed by atoms with E-state index in [-0.39, 0.29) is 0 Å². The molecular weight excluding hydrogens is 254 g/mol. The lowest BCUT2D eigenvalue weighted by molar-refractivity contribution is 0.258. The molecule has 104 valence electrons. The number of nitrogens with one attached hydrogen (secondary N) is 1. The van der Waals surface area contributed by atoms with E-state index in [1.807, 2.05) is 6.07 Å². The predicted molar refractivity (Wildman–Crippen MR) is 82.2 cm³/mol. The Kier molecular flexibility index (Phi) is 4.34. The molecule has 0 bridgehead atoms. The van der Waals surface area contributed by atoms with Crippen LogP contribution in [0.15, 0.2) is 24.3 Å². The van der Waals surface area contributed by atoms with Crippen molar-refractivity contribution in [3.8, 4) is 5.75 Å². The minimum atomic E-state index is 0.727. The van der Waals surface area contributed by atoms with Crippen molar-refractivity contribution in [1.82, 2.24) is 5.32 Å². The van der Waals surface area contributed by atoms with E-state index in [0.29, 0.717) is 0 Å². The Morgan fingerprint density at radius 1 is 1.16 bits per heavy atom. The van der Waals surface area contributed by atoms with Crippen LogP contribution in [-0.4, -0.2) is 30.7 Å². The van der Waals surface area contributed by atoms with Gasteiger partial charge in [0.05, 0.1) is 7.11 Å². The number of thioether (sulfide) groups is 1. The van der Waals surface area contributed by atoms with Gasteiger partial charge < -0.3 is 10.1 Å². The molecule has 0 spiro atoms. The van der Waals surface area contributed by atoms with Crippen molar-refractivity contribution in [2.24, 2.45) is 0 Å². The number of methoxy groups -OCH3 is 1. The topological polar surface area (TPSA) is 21.3 Å². The Balaban J connectivity index is 1.48. The third-order valence-corrected chi connectivity index (χ3v) is 5.44. The van der Waals surface area contributed by atoms with Gasteiger partial charge in [0.1, 0.15) is 5.75 Å². The average molecular weight is 277 g/mol. The largest absolute Gasteiger partial charge is 0.497 e. The van der Waals surface area contributed by atoms with Gasteiger partial charge in [-0.05, 0) is 60.8 Å². The molecule has 3 rings (SSSR count). The highest BCUT2D eigenvalue weighted by Crippen LogP contribution is 2.38. The van der Waals surface area contributed by atoms with Crippen molar-refractivity contribution >= 4 is 11.8 Å². The molecule has 0 aromatic heterocycles. The van der Waals surface area contributed by atoms with Gasteiger partial charge in [-0.2, -0.15) is 11.8 Å².